The fourth-order valence-electron chi connectivity index (χ4n) is 3.62. The Balaban J connectivity index is 1.74. The first-order valence-electron chi connectivity index (χ1n) is 8.98. The van der Waals surface area contributed by atoms with E-state index in [0.29, 0.717) is 24.0 Å². The fraction of sp³-hybridized carbons (Fsp3) is 0.409. The van der Waals surface area contributed by atoms with Gasteiger partial charge >= 0.3 is 0 Å². The molecule has 1 fully saturated rings. The third-order valence-electron chi connectivity index (χ3n) is 5.17. The first-order valence-corrected chi connectivity index (χ1v) is 8.98. The third kappa shape index (κ3) is 3.98. The van der Waals surface area contributed by atoms with Crippen LogP contribution in [0.5, 0.6) is 23.0 Å². The molecule has 0 spiro atoms. The lowest BCUT2D eigenvalue weighted by molar-refractivity contribution is 0.0970. The van der Waals surface area contributed by atoms with Gasteiger partial charge in [-0.25, -0.2) is 0 Å². The molecule has 0 aromatic heterocycles. The van der Waals surface area contributed by atoms with Crippen LogP contribution in [0.3, 0.4) is 0 Å². The lowest BCUT2D eigenvalue weighted by Gasteiger charge is -2.20. The van der Waals surface area contributed by atoms with Crippen molar-refractivity contribution in [3.8, 4) is 23.0 Å². The summed E-state index contributed by atoms with van der Waals surface area (Å²) in [5.41, 5.74) is 2.24. The van der Waals surface area contributed by atoms with Crippen molar-refractivity contribution in [2.24, 2.45) is 11.8 Å². The van der Waals surface area contributed by atoms with Crippen LogP contribution < -0.4 is 18.9 Å². The minimum Gasteiger partial charge on any atom is -0.493 e. The van der Waals surface area contributed by atoms with Crippen LogP contribution in [-0.4, -0.2) is 35.0 Å². The van der Waals surface area contributed by atoms with E-state index in [-0.39, 0.29) is 12.0 Å². The minimum atomic E-state index is -0.0602. The van der Waals surface area contributed by atoms with Gasteiger partial charge in [-0.2, -0.15) is 0 Å². The van der Waals surface area contributed by atoms with Gasteiger partial charge in [-0.3, -0.25) is 0 Å². The molecule has 3 rings (SSSR count). The number of methoxy groups -OCH3 is 4. The van der Waals surface area contributed by atoms with Gasteiger partial charge in [0, 0.05) is 0 Å². The van der Waals surface area contributed by atoms with E-state index in [0.717, 1.165) is 23.5 Å². The predicted molar refractivity (Wildman–Crippen MR) is 104 cm³/mol. The highest BCUT2D eigenvalue weighted by Crippen LogP contribution is 2.42. The van der Waals surface area contributed by atoms with E-state index in [1.165, 1.54) is 5.56 Å². The quantitative estimate of drug-likeness (QED) is 0.733. The average molecular weight is 371 g/mol. The molecule has 145 valence electrons. The monoisotopic (exact) mass is 371 g/mol. The maximum Gasteiger partial charge on any atom is 0.161 e. The van der Waals surface area contributed by atoms with Crippen LogP contribution in [0.15, 0.2) is 36.4 Å². The Bertz CT molecular complexity index is 773. The normalized spacial score (nSPS) is 21.7. The number of hydrogen-bond donors (Lipinski definition) is 0. The standard InChI is InChI=1S/C22H27O5/c1-14-17(10-15-6-8-18(23-2)20(11-15)25-4)13-27-22(14)16-7-9-19(24-3)21(12-16)26-5/h6-9,11-12,14,17,22H,1,10,13H2,2-5H3/t14-,17+,22+/m1/s1. The van der Waals surface area contributed by atoms with Crippen molar-refractivity contribution < 1.29 is 23.7 Å². The Morgan fingerprint density at radius 2 is 1.44 bits per heavy atom. The first-order chi connectivity index (χ1) is 13.1. The Labute approximate surface area is 161 Å². The van der Waals surface area contributed by atoms with E-state index < -0.39 is 0 Å². The summed E-state index contributed by atoms with van der Waals surface area (Å²) in [5, 5.41) is 0. The maximum absolute atomic E-state index is 6.10. The molecule has 1 aliphatic rings. The van der Waals surface area contributed by atoms with Gasteiger partial charge in [0.15, 0.2) is 23.0 Å². The van der Waals surface area contributed by atoms with Gasteiger partial charge in [-0.1, -0.05) is 12.1 Å². The molecule has 27 heavy (non-hydrogen) atoms. The maximum atomic E-state index is 6.10. The number of benzene rings is 2. The van der Waals surface area contributed by atoms with Crippen molar-refractivity contribution in [1.82, 2.24) is 0 Å². The van der Waals surface area contributed by atoms with Gasteiger partial charge in [0.1, 0.15) is 0 Å². The second kappa shape index (κ2) is 8.53. The molecule has 0 bridgehead atoms. The molecule has 5 nitrogen and oxygen atoms in total. The van der Waals surface area contributed by atoms with Crippen molar-refractivity contribution in [2.75, 3.05) is 35.0 Å². The van der Waals surface area contributed by atoms with Crippen molar-refractivity contribution in [2.45, 2.75) is 12.5 Å². The fourth-order valence-corrected chi connectivity index (χ4v) is 3.62. The molecule has 0 aliphatic carbocycles. The second-order valence-corrected chi connectivity index (χ2v) is 6.69. The Morgan fingerprint density at radius 3 is 2.07 bits per heavy atom. The van der Waals surface area contributed by atoms with E-state index >= 15 is 0 Å². The first kappa shape index (κ1) is 19.4. The third-order valence-corrected chi connectivity index (χ3v) is 5.17. The molecule has 1 radical (unpaired) electrons. The largest absolute Gasteiger partial charge is 0.493 e. The van der Waals surface area contributed by atoms with Crippen LogP contribution >= 0.6 is 0 Å². The second-order valence-electron chi connectivity index (χ2n) is 6.69. The summed E-state index contributed by atoms with van der Waals surface area (Å²) in [6.45, 7) is 5.06. The summed E-state index contributed by atoms with van der Waals surface area (Å²) < 4.78 is 27.6. The number of ether oxygens (including phenoxy) is 5. The summed E-state index contributed by atoms with van der Waals surface area (Å²) in [5.74, 6) is 3.34. The minimum absolute atomic E-state index is 0.0602. The number of rotatable bonds is 7. The molecular weight excluding hydrogens is 344 g/mol. The van der Waals surface area contributed by atoms with Crippen LogP contribution in [0.4, 0.5) is 0 Å². The number of hydrogen-bond acceptors (Lipinski definition) is 5. The molecule has 1 saturated heterocycles. The average Bonchev–Trinajstić information content (AvgIpc) is 3.07. The van der Waals surface area contributed by atoms with Crippen LogP contribution in [0.2, 0.25) is 0 Å². The Kier molecular flexibility index (Phi) is 6.11. The summed E-state index contributed by atoms with van der Waals surface area (Å²) in [4.78, 5) is 0. The van der Waals surface area contributed by atoms with E-state index in [2.05, 4.69) is 13.0 Å². The van der Waals surface area contributed by atoms with Crippen molar-refractivity contribution >= 4 is 0 Å². The molecule has 1 heterocycles. The highest BCUT2D eigenvalue weighted by molar-refractivity contribution is 5.44. The molecule has 0 unspecified atom stereocenters. The molecule has 5 heteroatoms. The summed E-state index contributed by atoms with van der Waals surface area (Å²) in [7, 11) is 6.56. The van der Waals surface area contributed by atoms with E-state index in [1.807, 2.05) is 30.3 Å². The zero-order valence-corrected chi connectivity index (χ0v) is 16.4. The highest BCUT2D eigenvalue weighted by atomic mass is 16.5. The van der Waals surface area contributed by atoms with Crippen molar-refractivity contribution in [3.05, 3.63) is 54.4 Å². The molecule has 1 aliphatic heterocycles. The molecule has 2 aromatic rings. The Hall–Kier alpha value is -2.40. The van der Waals surface area contributed by atoms with Gasteiger partial charge in [0.2, 0.25) is 0 Å². The lowest BCUT2D eigenvalue weighted by Crippen LogP contribution is -2.14. The molecular formula is C22H27O5. The van der Waals surface area contributed by atoms with Gasteiger partial charge in [-0.15, -0.1) is 0 Å². The van der Waals surface area contributed by atoms with E-state index in [9.17, 15) is 0 Å². The predicted octanol–water partition coefficient (Wildman–Crippen LogP) is 4.10. The zero-order chi connectivity index (χ0) is 19.4. The molecule has 0 saturated carbocycles. The smallest absolute Gasteiger partial charge is 0.161 e. The molecule has 2 aromatic carbocycles. The van der Waals surface area contributed by atoms with Crippen LogP contribution in [0.25, 0.3) is 0 Å². The summed E-state index contributed by atoms with van der Waals surface area (Å²) >= 11 is 0. The van der Waals surface area contributed by atoms with Gasteiger partial charge in [0.25, 0.3) is 0 Å². The zero-order valence-electron chi connectivity index (χ0n) is 16.4. The van der Waals surface area contributed by atoms with Crippen molar-refractivity contribution in [3.63, 3.8) is 0 Å². The van der Waals surface area contributed by atoms with Gasteiger partial charge < -0.3 is 23.7 Å². The lowest BCUT2D eigenvalue weighted by atomic mass is 9.85. The topological polar surface area (TPSA) is 46.2 Å². The van der Waals surface area contributed by atoms with E-state index in [1.54, 1.807) is 28.4 Å². The summed E-state index contributed by atoms with van der Waals surface area (Å²) in [6, 6.07) is 11.9. The van der Waals surface area contributed by atoms with Crippen molar-refractivity contribution in [1.29, 1.82) is 0 Å². The molecule has 0 amide bonds. The van der Waals surface area contributed by atoms with Crippen LogP contribution in [0.1, 0.15) is 17.2 Å². The molecule has 3 atom stereocenters. The van der Waals surface area contributed by atoms with Gasteiger partial charge in [0.05, 0.1) is 41.2 Å². The van der Waals surface area contributed by atoms with Gasteiger partial charge in [-0.05, 0) is 60.6 Å². The van der Waals surface area contributed by atoms with E-state index in [4.69, 9.17) is 23.7 Å². The van der Waals surface area contributed by atoms with Crippen LogP contribution in [-0.2, 0) is 11.2 Å². The summed E-state index contributed by atoms with van der Waals surface area (Å²) in [6.07, 6.45) is 0.813. The SMILES string of the molecule is [CH2][C@@H]1[C@@H](Cc2ccc(OC)c(OC)c2)CO[C@@H]1c1ccc(OC)c(OC)c1. The molecule has 0 N–H and O–H groups in total. The highest BCUT2D eigenvalue weighted by Gasteiger charge is 2.35. The Morgan fingerprint density at radius 1 is 0.852 bits per heavy atom. The van der Waals surface area contributed by atoms with Crippen LogP contribution in [0, 0.1) is 18.8 Å².